The van der Waals surface area contributed by atoms with Gasteiger partial charge in [-0.3, -0.25) is 0 Å². The molecular weight excluding hydrogens is 494 g/mol. The number of nitrogens with zero attached hydrogens (tertiary/aromatic N) is 5. The van der Waals surface area contributed by atoms with E-state index in [0.717, 1.165) is 48.5 Å². The molecule has 1 fully saturated rings. The van der Waals surface area contributed by atoms with Crippen molar-refractivity contribution >= 4 is 49.4 Å². The normalized spacial score (nSPS) is 15.1. The number of fused-ring (bicyclic) bond motifs is 3. The third kappa shape index (κ3) is 3.82. The second kappa shape index (κ2) is 8.89. The monoisotopic (exact) mass is 517 g/mol. The molecule has 5 aromatic rings. The van der Waals surface area contributed by atoms with Crippen molar-refractivity contribution in [2.75, 3.05) is 38.1 Å². The van der Waals surface area contributed by atoms with Gasteiger partial charge < -0.3 is 9.80 Å². The van der Waals surface area contributed by atoms with Crippen LogP contribution in [0.15, 0.2) is 84.0 Å². The smallest absolute Gasteiger partial charge is 0.269 e. The van der Waals surface area contributed by atoms with E-state index in [4.69, 9.17) is 16.6 Å². The van der Waals surface area contributed by atoms with Crippen LogP contribution in [-0.2, 0) is 10.0 Å². The first-order chi connectivity index (χ1) is 17.4. The van der Waals surface area contributed by atoms with Crippen LogP contribution in [0.25, 0.3) is 33.1 Å². The Labute approximate surface area is 214 Å². The molecule has 0 saturated carbocycles. The van der Waals surface area contributed by atoms with Gasteiger partial charge in [-0.1, -0.05) is 35.9 Å². The summed E-state index contributed by atoms with van der Waals surface area (Å²) in [5, 5.41) is 1.79. The number of hydrogen-bond acceptors (Lipinski definition) is 6. The molecule has 7 nitrogen and oxygen atoms in total. The molecule has 182 valence electrons. The Morgan fingerprint density at radius 1 is 0.861 bits per heavy atom. The fourth-order valence-corrected chi connectivity index (χ4v) is 6.50. The van der Waals surface area contributed by atoms with Gasteiger partial charge in [0.1, 0.15) is 5.82 Å². The molecule has 0 radical (unpaired) electrons. The van der Waals surface area contributed by atoms with Crippen LogP contribution in [0.3, 0.4) is 0 Å². The van der Waals surface area contributed by atoms with Gasteiger partial charge >= 0.3 is 0 Å². The van der Waals surface area contributed by atoms with Crippen molar-refractivity contribution in [2.45, 2.75) is 4.90 Å². The number of benzene rings is 2. The summed E-state index contributed by atoms with van der Waals surface area (Å²) in [5.74, 6) is 0.964. The number of piperazine rings is 1. The molecule has 6 rings (SSSR count). The molecule has 9 heteroatoms. The highest BCUT2D eigenvalue weighted by molar-refractivity contribution is 7.90. The van der Waals surface area contributed by atoms with Gasteiger partial charge in [0.25, 0.3) is 10.0 Å². The quantitative estimate of drug-likeness (QED) is 0.338. The fourth-order valence-electron chi connectivity index (χ4n) is 4.76. The van der Waals surface area contributed by atoms with Crippen molar-refractivity contribution in [1.82, 2.24) is 18.8 Å². The minimum Gasteiger partial charge on any atom is -0.354 e. The Balaban J connectivity index is 1.47. The zero-order valence-corrected chi connectivity index (χ0v) is 21.2. The summed E-state index contributed by atoms with van der Waals surface area (Å²) >= 11 is 6.59. The van der Waals surface area contributed by atoms with Crippen LogP contribution >= 0.6 is 11.6 Å². The Kier molecular flexibility index (Phi) is 5.67. The van der Waals surface area contributed by atoms with Crippen molar-refractivity contribution in [3.8, 4) is 11.1 Å². The summed E-state index contributed by atoms with van der Waals surface area (Å²) in [6.45, 7) is 3.95. The summed E-state index contributed by atoms with van der Waals surface area (Å²) in [4.78, 5) is 13.9. The minimum atomic E-state index is -3.89. The maximum atomic E-state index is 13.7. The van der Waals surface area contributed by atoms with Crippen LogP contribution < -0.4 is 4.90 Å². The van der Waals surface area contributed by atoms with Crippen LogP contribution in [-0.4, -0.2) is 60.5 Å². The van der Waals surface area contributed by atoms with Gasteiger partial charge in [-0.15, -0.1) is 0 Å². The first kappa shape index (κ1) is 23.0. The van der Waals surface area contributed by atoms with Crippen LogP contribution in [0.2, 0.25) is 5.02 Å². The average molecular weight is 518 g/mol. The maximum Gasteiger partial charge on any atom is 0.269 e. The molecule has 0 bridgehead atoms. The van der Waals surface area contributed by atoms with Gasteiger partial charge in [-0.25, -0.2) is 22.4 Å². The van der Waals surface area contributed by atoms with Gasteiger partial charge in [-0.05, 0) is 55.1 Å². The van der Waals surface area contributed by atoms with E-state index in [0.29, 0.717) is 21.6 Å². The van der Waals surface area contributed by atoms with Crippen molar-refractivity contribution in [3.63, 3.8) is 0 Å². The van der Waals surface area contributed by atoms with E-state index in [1.165, 1.54) is 10.2 Å². The topological polar surface area (TPSA) is 71.3 Å². The molecule has 2 aromatic carbocycles. The summed E-state index contributed by atoms with van der Waals surface area (Å²) in [6, 6.07) is 19.8. The number of rotatable bonds is 4. The molecule has 0 spiro atoms. The van der Waals surface area contributed by atoms with Crippen LogP contribution in [0.5, 0.6) is 0 Å². The van der Waals surface area contributed by atoms with E-state index in [2.05, 4.69) is 27.9 Å². The molecule has 1 saturated heterocycles. The molecule has 3 aromatic heterocycles. The lowest BCUT2D eigenvalue weighted by atomic mass is 10.0. The molecule has 1 aliphatic heterocycles. The van der Waals surface area contributed by atoms with Crippen LogP contribution in [0.4, 0.5) is 5.82 Å². The summed E-state index contributed by atoms with van der Waals surface area (Å²) in [7, 11) is -1.76. The van der Waals surface area contributed by atoms with Crippen LogP contribution in [0, 0.1) is 0 Å². The summed E-state index contributed by atoms with van der Waals surface area (Å²) in [6.07, 6.45) is 3.40. The van der Waals surface area contributed by atoms with E-state index in [1.807, 2.05) is 30.5 Å². The predicted octanol–water partition coefficient (Wildman–Crippen LogP) is 4.89. The van der Waals surface area contributed by atoms with Gasteiger partial charge in [0.2, 0.25) is 0 Å². The van der Waals surface area contributed by atoms with Crippen molar-refractivity contribution in [3.05, 3.63) is 84.1 Å². The number of hydrogen-bond donors (Lipinski definition) is 0. The standard InChI is InChI=1S/C27H24ClN5O2S/c1-31-13-15-32(16-14-31)25-10-8-20(18-30-25)19-7-9-24-22(17-19)26-23(28)11-12-29-27(26)33(24)36(34,35)21-5-3-2-4-6-21/h2-12,17-18H,13-16H2,1H3. The minimum absolute atomic E-state index is 0.193. The lowest BCUT2D eigenvalue weighted by Crippen LogP contribution is -2.44. The molecule has 4 heterocycles. The third-order valence-corrected chi connectivity index (χ3v) is 8.78. The first-order valence-corrected chi connectivity index (χ1v) is 13.5. The Bertz CT molecular complexity index is 1680. The molecule has 36 heavy (non-hydrogen) atoms. The SMILES string of the molecule is CN1CCN(c2ccc(-c3ccc4c(c3)c3c(Cl)ccnc3n4S(=O)(=O)c3ccccc3)cn2)CC1. The number of halogens is 1. The molecule has 0 atom stereocenters. The van der Waals surface area contributed by atoms with E-state index in [9.17, 15) is 8.42 Å². The lowest BCUT2D eigenvalue weighted by Gasteiger charge is -2.33. The molecule has 0 amide bonds. The average Bonchev–Trinajstić information content (AvgIpc) is 3.25. The van der Waals surface area contributed by atoms with E-state index in [-0.39, 0.29) is 4.90 Å². The van der Waals surface area contributed by atoms with Crippen molar-refractivity contribution in [1.29, 1.82) is 0 Å². The van der Waals surface area contributed by atoms with E-state index < -0.39 is 10.0 Å². The third-order valence-electron chi connectivity index (χ3n) is 6.75. The number of anilines is 1. The fraction of sp³-hybridized carbons (Fsp3) is 0.185. The first-order valence-electron chi connectivity index (χ1n) is 11.7. The zero-order valence-electron chi connectivity index (χ0n) is 19.7. The number of aromatic nitrogens is 3. The molecule has 1 aliphatic rings. The maximum absolute atomic E-state index is 13.7. The van der Waals surface area contributed by atoms with E-state index >= 15 is 0 Å². The van der Waals surface area contributed by atoms with Gasteiger partial charge in [0.05, 0.1) is 15.4 Å². The number of likely N-dealkylation sites (N-methyl/N-ethyl adjacent to an activating group) is 1. The van der Waals surface area contributed by atoms with Gasteiger partial charge in [-0.2, -0.15) is 0 Å². The van der Waals surface area contributed by atoms with Gasteiger partial charge in [0.15, 0.2) is 5.65 Å². The highest BCUT2D eigenvalue weighted by Crippen LogP contribution is 2.37. The summed E-state index contributed by atoms with van der Waals surface area (Å²) < 4.78 is 28.6. The van der Waals surface area contributed by atoms with Gasteiger partial charge in [0, 0.05) is 54.9 Å². The zero-order chi connectivity index (χ0) is 24.9. The Hall–Kier alpha value is -3.46. The number of pyridine rings is 2. The van der Waals surface area contributed by atoms with Crippen molar-refractivity contribution in [2.24, 2.45) is 0 Å². The highest BCUT2D eigenvalue weighted by atomic mass is 35.5. The summed E-state index contributed by atoms with van der Waals surface area (Å²) in [5.41, 5.74) is 2.71. The Morgan fingerprint density at radius 3 is 2.33 bits per heavy atom. The van der Waals surface area contributed by atoms with Crippen LogP contribution in [0.1, 0.15) is 0 Å². The second-order valence-corrected chi connectivity index (χ2v) is 11.2. The van der Waals surface area contributed by atoms with Crippen molar-refractivity contribution < 1.29 is 8.42 Å². The predicted molar refractivity (Wildman–Crippen MR) is 144 cm³/mol. The lowest BCUT2D eigenvalue weighted by molar-refractivity contribution is 0.312. The highest BCUT2D eigenvalue weighted by Gasteiger charge is 2.25. The Morgan fingerprint density at radius 2 is 1.61 bits per heavy atom. The molecular formula is C27H24ClN5O2S. The molecule has 0 unspecified atom stereocenters. The second-order valence-electron chi connectivity index (χ2n) is 9.00. The van der Waals surface area contributed by atoms with E-state index in [1.54, 1.807) is 36.4 Å². The molecule has 0 aliphatic carbocycles. The largest absolute Gasteiger partial charge is 0.354 e. The molecule has 0 N–H and O–H groups in total.